The van der Waals surface area contributed by atoms with Gasteiger partial charge in [-0.2, -0.15) is 0 Å². The predicted molar refractivity (Wildman–Crippen MR) is 116 cm³/mol. The number of carbonyl (C=O) groups is 1. The van der Waals surface area contributed by atoms with E-state index in [4.69, 9.17) is 4.74 Å². The lowest BCUT2D eigenvalue weighted by Crippen LogP contribution is -2.35. The van der Waals surface area contributed by atoms with Gasteiger partial charge in [0.2, 0.25) is 0 Å². The molecule has 3 aromatic rings. The Kier molecular flexibility index (Phi) is 6.57. The highest BCUT2D eigenvalue weighted by Gasteiger charge is 2.11. The van der Waals surface area contributed by atoms with E-state index < -0.39 is 0 Å². The van der Waals surface area contributed by atoms with Gasteiger partial charge >= 0.3 is 0 Å². The number of carbonyl (C=O) groups excluding carboxylic acids is 1. The van der Waals surface area contributed by atoms with E-state index in [1.165, 1.54) is 11.1 Å². The summed E-state index contributed by atoms with van der Waals surface area (Å²) in [7, 11) is 0. The van der Waals surface area contributed by atoms with Gasteiger partial charge in [-0.25, -0.2) is 4.98 Å². The molecule has 1 saturated heterocycles. The van der Waals surface area contributed by atoms with Gasteiger partial charge < -0.3 is 14.6 Å². The van der Waals surface area contributed by atoms with Crippen molar-refractivity contribution in [2.75, 3.05) is 26.3 Å². The number of hydrogen-bond donors (Lipinski definition) is 1. The van der Waals surface area contributed by atoms with Crippen LogP contribution < -0.4 is 5.32 Å². The van der Waals surface area contributed by atoms with Crippen LogP contribution in [0.15, 0.2) is 60.9 Å². The fourth-order valence-electron chi connectivity index (χ4n) is 3.67. The summed E-state index contributed by atoms with van der Waals surface area (Å²) in [6.07, 6.45) is 3.79. The van der Waals surface area contributed by atoms with Crippen LogP contribution in [0.25, 0.3) is 0 Å². The maximum atomic E-state index is 12.6. The van der Waals surface area contributed by atoms with Gasteiger partial charge in [-0.05, 0) is 35.7 Å². The summed E-state index contributed by atoms with van der Waals surface area (Å²) in [6.45, 7) is 7.69. The number of morpholine rings is 1. The first-order valence-electron chi connectivity index (χ1n) is 10.4. The van der Waals surface area contributed by atoms with Crippen LogP contribution in [0.1, 0.15) is 32.9 Å². The first-order valence-corrected chi connectivity index (χ1v) is 10.4. The highest BCUT2D eigenvalue weighted by molar-refractivity contribution is 5.94. The number of ether oxygens (including phenoxy) is 1. The summed E-state index contributed by atoms with van der Waals surface area (Å²) in [4.78, 5) is 19.2. The van der Waals surface area contributed by atoms with Crippen molar-refractivity contribution in [2.24, 2.45) is 0 Å². The molecule has 0 saturated carbocycles. The number of benzene rings is 2. The number of nitrogens with one attached hydrogen (secondary N) is 1. The molecule has 0 bridgehead atoms. The van der Waals surface area contributed by atoms with Crippen LogP contribution in [0, 0.1) is 6.92 Å². The lowest BCUT2D eigenvalue weighted by atomic mass is 10.1. The predicted octanol–water partition coefficient (Wildman–Crippen LogP) is 3.00. The van der Waals surface area contributed by atoms with E-state index in [0.717, 1.165) is 50.8 Å². The summed E-state index contributed by atoms with van der Waals surface area (Å²) >= 11 is 0. The van der Waals surface area contributed by atoms with E-state index in [0.29, 0.717) is 12.1 Å². The van der Waals surface area contributed by atoms with Crippen LogP contribution in [0.4, 0.5) is 0 Å². The Balaban J connectivity index is 1.31. The fourth-order valence-corrected chi connectivity index (χ4v) is 3.67. The molecule has 1 aliphatic heterocycles. The molecule has 0 unspecified atom stereocenters. The molecular formula is C24H28N4O2. The molecular weight excluding hydrogens is 376 g/mol. The van der Waals surface area contributed by atoms with E-state index in [2.05, 4.69) is 31.9 Å². The fraction of sp³-hybridized carbons (Fsp3) is 0.333. The Labute approximate surface area is 177 Å². The standard InChI is InChI=1S/C24H28N4O2/c1-19-25-9-10-28(19)18-22-4-2-3-21(15-22)16-26-24(29)23-7-5-20(6-8-23)17-27-11-13-30-14-12-27/h2-10,15H,11-14,16-18H2,1H3,(H,26,29). The maximum absolute atomic E-state index is 12.6. The molecule has 1 fully saturated rings. The highest BCUT2D eigenvalue weighted by Crippen LogP contribution is 2.11. The molecule has 2 aromatic carbocycles. The highest BCUT2D eigenvalue weighted by atomic mass is 16.5. The van der Waals surface area contributed by atoms with Crippen molar-refractivity contribution in [3.05, 3.63) is 89.0 Å². The lowest BCUT2D eigenvalue weighted by molar-refractivity contribution is 0.0342. The normalized spacial score (nSPS) is 14.6. The van der Waals surface area contributed by atoms with Gasteiger partial charge in [0.25, 0.3) is 5.91 Å². The molecule has 6 heteroatoms. The van der Waals surface area contributed by atoms with E-state index in [1.807, 2.05) is 55.7 Å². The average Bonchev–Trinajstić information content (AvgIpc) is 3.18. The minimum absolute atomic E-state index is 0.0521. The SMILES string of the molecule is Cc1nccn1Cc1cccc(CNC(=O)c2ccc(CN3CCOCC3)cc2)c1. The van der Waals surface area contributed by atoms with Gasteiger partial charge in [-0.15, -0.1) is 0 Å². The zero-order valence-corrected chi connectivity index (χ0v) is 17.4. The van der Waals surface area contributed by atoms with Crippen molar-refractivity contribution in [2.45, 2.75) is 26.6 Å². The van der Waals surface area contributed by atoms with Crippen LogP contribution in [0.3, 0.4) is 0 Å². The van der Waals surface area contributed by atoms with Gasteiger partial charge in [0, 0.05) is 50.7 Å². The van der Waals surface area contributed by atoms with Crippen LogP contribution in [0.2, 0.25) is 0 Å². The number of hydrogen-bond acceptors (Lipinski definition) is 4. The second-order valence-electron chi connectivity index (χ2n) is 7.69. The van der Waals surface area contributed by atoms with Crippen molar-refractivity contribution < 1.29 is 9.53 Å². The van der Waals surface area contributed by atoms with Gasteiger partial charge in [-0.1, -0.05) is 36.4 Å². The quantitative estimate of drug-likeness (QED) is 0.658. The van der Waals surface area contributed by atoms with E-state index >= 15 is 0 Å². The van der Waals surface area contributed by atoms with Gasteiger partial charge in [0.1, 0.15) is 5.82 Å². The average molecular weight is 405 g/mol. The Morgan fingerprint density at radius 3 is 2.53 bits per heavy atom. The Hall–Kier alpha value is -2.96. The third kappa shape index (κ3) is 5.34. The zero-order chi connectivity index (χ0) is 20.8. The molecule has 1 aliphatic rings. The first-order chi connectivity index (χ1) is 14.7. The molecule has 0 radical (unpaired) electrons. The lowest BCUT2D eigenvalue weighted by Gasteiger charge is -2.26. The van der Waals surface area contributed by atoms with Gasteiger partial charge in [0.15, 0.2) is 0 Å². The number of nitrogens with zero attached hydrogens (tertiary/aromatic N) is 3. The second kappa shape index (κ2) is 9.69. The van der Waals surface area contributed by atoms with Crippen LogP contribution in [0.5, 0.6) is 0 Å². The number of aromatic nitrogens is 2. The summed E-state index contributed by atoms with van der Waals surface area (Å²) in [6, 6.07) is 16.2. The maximum Gasteiger partial charge on any atom is 0.251 e. The molecule has 0 spiro atoms. The smallest absolute Gasteiger partial charge is 0.251 e. The van der Waals surface area contributed by atoms with Crippen molar-refractivity contribution in [3.8, 4) is 0 Å². The first kappa shape index (κ1) is 20.3. The van der Waals surface area contributed by atoms with Crippen molar-refractivity contribution in [1.29, 1.82) is 0 Å². The van der Waals surface area contributed by atoms with Crippen LogP contribution in [-0.4, -0.2) is 46.7 Å². The molecule has 1 aromatic heterocycles. The molecule has 0 atom stereocenters. The minimum Gasteiger partial charge on any atom is -0.379 e. The van der Waals surface area contributed by atoms with Gasteiger partial charge in [-0.3, -0.25) is 9.69 Å². The summed E-state index contributed by atoms with van der Waals surface area (Å²) in [5.74, 6) is 0.939. The minimum atomic E-state index is -0.0521. The van der Waals surface area contributed by atoms with Gasteiger partial charge in [0.05, 0.1) is 13.2 Å². The molecule has 6 nitrogen and oxygen atoms in total. The van der Waals surface area contributed by atoms with E-state index in [1.54, 1.807) is 0 Å². The largest absolute Gasteiger partial charge is 0.379 e. The topological polar surface area (TPSA) is 59.4 Å². The molecule has 2 heterocycles. The third-order valence-corrected chi connectivity index (χ3v) is 5.45. The molecule has 4 rings (SSSR count). The molecule has 1 N–H and O–H groups in total. The number of aryl methyl sites for hydroxylation is 1. The summed E-state index contributed by atoms with van der Waals surface area (Å²) in [5.41, 5.74) is 4.18. The molecule has 0 aliphatic carbocycles. The Morgan fingerprint density at radius 2 is 1.80 bits per heavy atom. The number of amides is 1. The number of imidazole rings is 1. The Bertz CT molecular complexity index is 975. The molecule has 156 valence electrons. The Morgan fingerprint density at radius 1 is 1.03 bits per heavy atom. The van der Waals surface area contributed by atoms with Crippen LogP contribution in [-0.2, 0) is 24.4 Å². The zero-order valence-electron chi connectivity index (χ0n) is 17.4. The monoisotopic (exact) mass is 404 g/mol. The van der Waals surface area contributed by atoms with E-state index in [9.17, 15) is 4.79 Å². The van der Waals surface area contributed by atoms with E-state index in [-0.39, 0.29) is 5.91 Å². The summed E-state index contributed by atoms with van der Waals surface area (Å²) in [5, 5.41) is 3.03. The van der Waals surface area contributed by atoms with Crippen LogP contribution >= 0.6 is 0 Å². The third-order valence-electron chi connectivity index (χ3n) is 5.45. The van der Waals surface area contributed by atoms with Crippen molar-refractivity contribution >= 4 is 5.91 Å². The second-order valence-corrected chi connectivity index (χ2v) is 7.69. The summed E-state index contributed by atoms with van der Waals surface area (Å²) < 4.78 is 7.50. The van der Waals surface area contributed by atoms with Crippen molar-refractivity contribution in [3.63, 3.8) is 0 Å². The number of rotatable bonds is 7. The molecule has 1 amide bonds. The molecule has 30 heavy (non-hydrogen) atoms. The van der Waals surface area contributed by atoms with Crippen molar-refractivity contribution in [1.82, 2.24) is 19.8 Å².